The Labute approximate surface area is 145 Å². The van der Waals surface area contributed by atoms with Crippen molar-refractivity contribution in [3.05, 3.63) is 51.6 Å². The SMILES string of the molecule is CC(=O)NCc1ccc(C2CCCN2c2ccc([N+](=O)[O-])c(C)n2)o1. The van der Waals surface area contributed by atoms with Crippen molar-refractivity contribution in [2.24, 2.45) is 0 Å². The number of aryl methyl sites for hydroxylation is 1. The number of pyridine rings is 1. The standard InChI is InChI=1S/C17H20N4O4/c1-11-14(21(23)24)6-8-17(19-11)20-9-3-4-15(20)16-7-5-13(25-16)10-18-12(2)22/h5-8,15H,3-4,9-10H2,1-2H3,(H,18,22). The summed E-state index contributed by atoms with van der Waals surface area (Å²) in [6.45, 7) is 4.28. The highest BCUT2D eigenvalue weighted by Gasteiger charge is 2.30. The molecule has 1 aliphatic rings. The average molecular weight is 344 g/mol. The molecule has 1 fully saturated rings. The van der Waals surface area contributed by atoms with Gasteiger partial charge in [-0.05, 0) is 38.0 Å². The lowest BCUT2D eigenvalue weighted by Gasteiger charge is -2.24. The molecule has 0 bridgehead atoms. The maximum absolute atomic E-state index is 11.0. The van der Waals surface area contributed by atoms with Crippen LogP contribution in [0, 0.1) is 17.0 Å². The molecule has 1 N–H and O–H groups in total. The molecule has 132 valence electrons. The monoisotopic (exact) mass is 344 g/mol. The van der Waals surface area contributed by atoms with Crippen molar-refractivity contribution in [2.75, 3.05) is 11.4 Å². The Morgan fingerprint density at radius 2 is 2.24 bits per heavy atom. The Hall–Kier alpha value is -2.90. The lowest BCUT2D eigenvalue weighted by molar-refractivity contribution is -0.385. The van der Waals surface area contributed by atoms with Crippen molar-refractivity contribution in [3.63, 3.8) is 0 Å². The predicted molar refractivity (Wildman–Crippen MR) is 91.2 cm³/mol. The van der Waals surface area contributed by atoms with Gasteiger partial charge in [0, 0.05) is 19.5 Å². The van der Waals surface area contributed by atoms with E-state index in [0.717, 1.165) is 25.1 Å². The van der Waals surface area contributed by atoms with Gasteiger partial charge in [-0.2, -0.15) is 0 Å². The van der Waals surface area contributed by atoms with Gasteiger partial charge in [0.25, 0.3) is 5.69 Å². The summed E-state index contributed by atoms with van der Waals surface area (Å²) in [5.74, 6) is 2.12. The summed E-state index contributed by atoms with van der Waals surface area (Å²) in [6, 6.07) is 7.00. The number of hydrogen-bond donors (Lipinski definition) is 1. The number of rotatable bonds is 5. The summed E-state index contributed by atoms with van der Waals surface area (Å²) in [4.78, 5) is 28.1. The van der Waals surface area contributed by atoms with Gasteiger partial charge in [-0.3, -0.25) is 14.9 Å². The number of nitrogens with one attached hydrogen (secondary N) is 1. The van der Waals surface area contributed by atoms with E-state index in [1.54, 1.807) is 13.0 Å². The van der Waals surface area contributed by atoms with Gasteiger partial charge in [0.05, 0.1) is 17.5 Å². The molecule has 2 aromatic rings. The van der Waals surface area contributed by atoms with Crippen molar-refractivity contribution in [1.29, 1.82) is 0 Å². The minimum absolute atomic E-state index is 0.0232. The van der Waals surface area contributed by atoms with Gasteiger partial charge in [0.2, 0.25) is 5.91 Å². The summed E-state index contributed by atoms with van der Waals surface area (Å²) in [7, 11) is 0. The topological polar surface area (TPSA) is 102 Å². The number of furan rings is 1. The Kier molecular flexibility index (Phi) is 4.69. The van der Waals surface area contributed by atoms with E-state index in [4.69, 9.17) is 4.42 Å². The smallest absolute Gasteiger partial charge is 0.290 e. The quantitative estimate of drug-likeness (QED) is 0.661. The van der Waals surface area contributed by atoms with Crippen molar-refractivity contribution in [3.8, 4) is 0 Å². The second-order valence-electron chi connectivity index (χ2n) is 6.10. The van der Waals surface area contributed by atoms with E-state index in [-0.39, 0.29) is 17.6 Å². The van der Waals surface area contributed by atoms with Crippen LogP contribution >= 0.6 is 0 Å². The second-order valence-corrected chi connectivity index (χ2v) is 6.10. The normalized spacial score (nSPS) is 16.9. The zero-order valence-corrected chi connectivity index (χ0v) is 14.2. The van der Waals surface area contributed by atoms with Gasteiger partial charge in [0.15, 0.2) is 0 Å². The number of carbonyl (C=O) groups excluding carboxylic acids is 1. The van der Waals surface area contributed by atoms with Gasteiger partial charge in [-0.25, -0.2) is 4.98 Å². The molecule has 1 atom stereocenters. The minimum Gasteiger partial charge on any atom is -0.462 e. The lowest BCUT2D eigenvalue weighted by atomic mass is 10.1. The summed E-state index contributed by atoms with van der Waals surface area (Å²) in [5, 5.41) is 13.7. The van der Waals surface area contributed by atoms with Gasteiger partial charge in [0.1, 0.15) is 23.0 Å². The highest BCUT2D eigenvalue weighted by atomic mass is 16.6. The van der Waals surface area contributed by atoms with Crippen LogP contribution in [0.3, 0.4) is 0 Å². The number of amides is 1. The van der Waals surface area contributed by atoms with E-state index >= 15 is 0 Å². The largest absolute Gasteiger partial charge is 0.462 e. The van der Waals surface area contributed by atoms with E-state index < -0.39 is 4.92 Å². The molecular weight excluding hydrogens is 324 g/mol. The molecule has 1 unspecified atom stereocenters. The van der Waals surface area contributed by atoms with Crippen molar-refractivity contribution >= 4 is 17.4 Å². The molecule has 0 aliphatic carbocycles. The molecule has 8 nitrogen and oxygen atoms in total. The fourth-order valence-corrected chi connectivity index (χ4v) is 3.11. The zero-order chi connectivity index (χ0) is 18.0. The molecule has 1 saturated heterocycles. The van der Waals surface area contributed by atoms with E-state index in [2.05, 4.69) is 15.2 Å². The highest BCUT2D eigenvalue weighted by Crippen LogP contribution is 2.36. The third-order valence-electron chi connectivity index (χ3n) is 4.31. The molecule has 0 radical (unpaired) electrons. The number of aromatic nitrogens is 1. The fourth-order valence-electron chi connectivity index (χ4n) is 3.11. The zero-order valence-electron chi connectivity index (χ0n) is 14.2. The van der Waals surface area contributed by atoms with Crippen LogP contribution in [0.2, 0.25) is 0 Å². The number of nitro groups is 1. The number of nitrogens with zero attached hydrogens (tertiary/aromatic N) is 3. The average Bonchev–Trinajstić information content (AvgIpc) is 3.21. The Bertz CT molecular complexity index is 802. The number of anilines is 1. The molecule has 0 aromatic carbocycles. The van der Waals surface area contributed by atoms with Crippen LogP contribution in [-0.2, 0) is 11.3 Å². The molecule has 0 saturated carbocycles. The molecular formula is C17H20N4O4. The lowest BCUT2D eigenvalue weighted by Crippen LogP contribution is -2.23. The summed E-state index contributed by atoms with van der Waals surface area (Å²) < 4.78 is 5.87. The van der Waals surface area contributed by atoms with Crippen molar-refractivity contribution in [2.45, 2.75) is 39.3 Å². The third kappa shape index (κ3) is 3.62. The summed E-state index contributed by atoms with van der Waals surface area (Å²) in [5.41, 5.74) is 0.425. The van der Waals surface area contributed by atoms with E-state index in [1.807, 2.05) is 12.1 Å². The van der Waals surface area contributed by atoms with Crippen LogP contribution in [0.5, 0.6) is 0 Å². The van der Waals surface area contributed by atoms with Gasteiger partial charge in [-0.15, -0.1) is 0 Å². The van der Waals surface area contributed by atoms with E-state index in [0.29, 0.717) is 23.8 Å². The van der Waals surface area contributed by atoms with Crippen molar-refractivity contribution < 1.29 is 14.1 Å². The first kappa shape index (κ1) is 16.9. The maximum atomic E-state index is 11.0. The fraction of sp³-hybridized carbons (Fsp3) is 0.412. The van der Waals surface area contributed by atoms with Crippen LogP contribution in [0.4, 0.5) is 11.5 Å². The predicted octanol–water partition coefficient (Wildman–Crippen LogP) is 2.87. The Morgan fingerprint density at radius 1 is 1.44 bits per heavy atom. The molecule has 25 heavy (non-hydrogen) atoms. The third-order valence-corrected chi connectivity index (χ3v) is 4.31. The first-order valence-corrected chi connectivity index (χ1v) is 8.17. The van der Waals surface area contributed by atoms with Crippen LogP contribution < -0.4 is 10.2 Å². The molecule has 1 amide bonds. The minimum atomic E-state index is -0.422. The van der Waals surface area contributed by atoms with Crippen LogP contribution in [-0.4, -0.2) is 22.4 Å². The van der Waals surface area contributed by atoms with Gasteiger partial charge >= 0.3 is 0 Å². The highest BCUT2D eigenvalue weighted by molar-refractivity contribution is 5.72. The van der Waals surface area contributed by atoms with Crippen molar-refractivity contribution in [1.82, 2.24) is 10.3 Å². The van der Waals surface area contributed by atoms with E-state index in [1.165, 1.54) is 13.0 Å². The molecule has 3 heterocycles. The molecule has 8 heteroatoms. The summed E-state index contributed by atoms with van der Waals surface area (Å²) >= 11 is 0. The molecule has 2 aromatic heterocycles. The molecule has 3 rings (SSSR count). The van der Waals surface area contributed by atoms with Gasteiger partial charge < -0.3 is 14.6 Å². The number of hydrogen-bond acceptors (Lipinski definition) is 6. The molecule has 0 spiro atoms. The van der Waals surface area contributed by atoms with Crippen LogP contribution in [0.25, 0.3) is 0 Å². The number of carbonyl (C=O) groups is 1. The Morgan fingerprint density at radius 3 is 2.92 bits per heavy atom. The van der Waals surface area contributed by atoms with E-state index in [9.17, 15) is 14.9 Å². The van der Waals surface area contributed by atoms with Crippen LogP contribution in [0.15, 0.2) is 28.7 Å². The first-order chi connectivity index (χ1) is 12.0. The van der Waals surface area contributed by atoms with Crippen LogP contribution in [0.1, 0.15) is 43.0 Å². The first-order valence-electron chi connectivity index (χ1n) is 8.17. The van der Waals surface area contributed by atoms with Gasteiger partial charge in [-0.1, -0.05) is 0 Å². The maximum Gasteiger partial charge on any atom is 0.290 e. The Balaban J connectivity index is 1.80. The summed E-state index contributed by atoms with van der Waals surface area (Å²) in [6.07, 6.45) is 1.91. The molecule has 1 aliphatic heterocycles. The second kappa shape index (κ2) is 6.92.